The van der Waals surface area contributed by atoms with E-state index in [-0.39, 0.29) is 30.4 Å². The van der Waals surface area contributed by atoms with Gasteiger partial charge in [-0.2, -0.15) is 16.4 Å². The summed E-state index contributed by atoms with van der Waals surface area (Å²) in [6.45, 7) is 7.05. The topological polar surface area (TPSA) is 86.1 Å². The fourth-order valence-corrected chi connectivity index (χ4v) is 6.21. The summed E-state index contributed by atoms with van der Waals surface area (Å²) in [5.74, 6) is 1.98. The molecule has 0 radical (unpaired) electrons. The number of aromatic nitrogens is 2. The van der Waals surface area contributed by atoms with Crippen molar-refractivity contribution in [3.63, 3.8) is 0 Å². The highest BCUT2D eigenvalue weighted by Gasteiger charge is 2.35. The van der Waals surface area contributed by atoms with E-state index in [2.05, 4.69) is 0 Å². The zero-order valence-corrected chi connectivity index (χ0v) is 23.5. The lowest BCUT2D eigenvalue weighted by Crippen LogP contribution is -2.45. The monoisotopic (exact) mass is 550 g/mol. The van der Waals surface area contributed by atoms with Crippen LogP contribution >= 0.6 is 11.3 Å². The Morgan fingerprint density at radius 1 is 1.08 bits per heavy atom. The van der Waals surface area contributed by atoms with Crippen molar-refractivity contribution in [1.29, 1.82) is 0 Å². The summed E-state index contributed by atoms with van der Waals surface area (Å²) >= 11 is 1.58. The lowest BCUT2D eigenvalue weighted by Gasteiger charge is -2.34. The molecule has 0 N–H and O–H groups in total. The van der Waals surface area contributed by atoms with Gasteiger partial charge < -0.3 is 24.0 Å². The maximum Gasteiger partial charge on any atom is 0.274 e. The van der Waals surface area contributed by atoms with Crippen LogP contribution in [0.4, 0.5) is 0 Å². The molecule has 1 atom stereocenters. The number of carbonyl (C=O) groups is 2. The molecule has 2 saturated heterocycles. The molecule has 5 heterocycles. The first-order valence-corrected chi connectivity index (χ1v) is 14.6. The average Bonchev–Trinajstić information content (AvgIpc) is 3.48. The van der Waals surface area contributed by atoms with E-state index in [9.17, 15) is 9.59 Å². The lowest BCUT2D eigenvalue weighted by molar-refractivity contribution is -0.139. The number of rotatable bonds is 6. The number of methoxy groups -OCH3 is 1. The van der Waals surface area contributed by atoms with E-state index < -0.39 is 0 Å². The molecular formula is C29H34N4O5S. The fourth-order valence-electron chi connectivity index (χ4n) is 5.59. The van der Waals surface area contributed by atoms with Crippen LogP contribution in [0.15, 0.2) is 29.0 Å². The van der Waals surface area contributed by atoms with E-state index in [1.54, 1.807) is 18.4 Å². The van der Waals surface area contributed by atoms with Gasteiger partial charge in [0.15, 0.2) is 17.2 Å². The summed E-state index contributed by atoms with van der Waals surface area (Å²) < 4.78 is 19.6. The third kappa shape index (κ3) is 4.75. The molecule has 3 aliphatic rings. The van der Waals surface area contributed by atoms with E-state index in [1.807, 2.05) is 57.3 Å². The molecule has 3 aromatic rings. The first-order chi connectivity index (χ1) is 18.9. The molecule has 1 unspecified atom stereocenters. The minimum Gasteiger partial charge on any atom is -0.493 e. The highest BCUT2D eigenvalue weighted by molar-refractivity contribution is 7.08. The Labute approximate surface area is 232 Å². The summed E-state index contributed by atoms with van der Waals surface area (Å²) in [6, 6.07) is 5.75. The van der Waals surface area contributed by atoms with Gasteiger partial charge in [-0.15, -0.1) is 0 Å². The maximum atomic E-state index is 14.0. The van der Waals surface area contributed by atoms with Crippen LogP contribution in [0.1, 0.15) is 55.6 Å². The minimum absolute atomic E-state index is 0.00931. The number of hydrogen-bond donors (Lipinski definition) is 0. The Balaban J connectivity index is 1.36. The summed E-state index contributed by atoms with van der Waals surface area (Å²) in [6.07, 6.45) is 3.35. The summed E-state index contributed by atoms with van der Waals surface area (Å²) in [7, 11) is 1.61. The van der Waals surface area contributed by atoms with E-state index in [4.69, 9.17) is 19.3 Å². The molecular weight excluding hydrogens is 516 g/mol. The van der Waals surface area contributed by atoms with Crippen LogP contribution < -0.4 is 14.2 Å². The van der Waals surface area contributed by atoms with Crippen molar-refractivity contribution in [1.82, 2.24) is 19.6 Å². The fraction of sp³-hybridized carbons (Fsp3) is 0.483. The molecule has 0 bridgehead atoms. The maximum absolute atomic E-state index is 14.0. The molecule has 1 aromatic carbocycles. The number of fused-ring (bicyclic) bond motifs is 3. The zero-order valence-electron chi connectivity index (χ0n) is 22.6. The van der Waals surface area contributed by atoms with Crippen molar-refractivity contribution in [3.8, 4) is 34.2 Å². The van der Waals surface area contributed by atoms with Crippen LogP contribution in [0.5, 0.6) is 17.2 Å². The summed E-state index contributed by atoms with van der Waals surface area (Å²) in [5.41, 5.74) is 3.69. The number of thiophene rings is 1. The van der Waals surface area contributed by atoms with E-state index in [0.29, 0.717) is 42.5 Å². The Morgan fingerprint density at radius 2 is 1.90 bits per heavy atom. The van der Waals surface area contributed by atoms with Gasteiger partial charge in [-0.1, -0.05) is 0 Å². The SMILES string of the molecule is COc1cc2c(cc1OC(C)C)-c1c(c(C(=O)N3CCCC(C(=O)N4CCC4)CC3)nn1-c1ccsc1)CO2. The van der Waals surface area contributed by atoms with Crippen molar-refractivity contribution in [3.05, 3.63) is 40.2 Å². The Hall–Kier alpha value is -3.53. The lowest BCUT2D eigenvalue weighted by atomic mass is 9.97. The van der Waals surface area contributed by atoms with Crippen LogP contribution in [0, 0.1) is 5.92 Å². The number of carbonyl (C=O) groups excluding carboxylic acids is 2. The van der Waals surface area contributed by atoms with Crippen molar-refractivity contribution < 1.29 is 23.8 Å². The van der Waals surface area contributed by atoms with Gasteiger partial charge in [0.1, 0.15) is 12.4 Å². The van der Waals surface area contributed by atoms with Gasteiger partial charge in [0.2, 0.25) is 5.91 Å². The normalized spacial score (nSPS) is 18.5. The zero-order chi connectivity index (χ0) is 27.1. The quantitative estimate of drug-likeness (QED) is 0.440. The Morgan fingerprint density at radius 3 is 2.59 bits per heavy atom. The standard InChI is InChI=1S/C29H34N4O5S/c1-18(2)38-25-14-21-23(15-24(25)36-3)37-16-22-26(30-33(27(21)22)20-8-13-39-17-20)29(35)32-9-4-6-19(7-12-32)28(34)31-10-5-11-31/h8,13-15,17-19H,4-7,9-12,16H2,1-3H3. The van der Waals surface area contributed by atoms with Gasteiger partial charge >= 0.3 is 0 Å². The highest BCUT2D eigenvalue weighted by atomic mass is 32.1. The third-order valence-corrected chi connectivity index (χ3v) is 8.40. The predicted octanol–water partition coefficient (Wildman–Crippen LogP) is 4.76. The highest BCUT2D eigenvalue weighted by Crippen LogP contribution is 2.46. The molecule has 0 saturated carbocycles. The second kappa shape index (κ2) is 10.6. The number of likely N-dealkylation sites (tertiary alicyclic amines) is 2. The second-order valence-electron chi connectivity index (χ2n) is 10.6. The van der Waals surface area contributed by atoms with Crippen LogP contribution in [0.25, 0.3) is 16.9 Å². The Bertz CT molecular complexity index is 1380. The molecule has 2 fully saturated rings. The molecule has 39 heavy (non-hydrogen) atoms. The summed E-state index contributed by atoms with van der Waals surface area (Å²) in [5, 5.41) is 8.90. The van der Waals surface area contributed by atoms with Crippen molar-refractivity contribution in [2.45, 2.75) is 52.2 Å². The van der Waals surface area contributed by atoms with E-state index in [0.717, 1.165) is 54.9 Å². The van der Waals surface area contributed by atoms with Crippen LogP contribution in [0.2, 0.25) is 0 Å². The van der Waals surface area contributed by atoms with Gasteiger partial charge in [0.05, 0.1) is 24.6 Å². The molecule has 6 rings (SSSR count). The predicted molar refractivity (Wildman–Crippen MR) is 148 cm³/mol. The van der Waals surface area contributed by atoms with Crippen LogP contribution in [0.3, 0.4) is 0 Å². The molecule has 206 valence electrons. The summed E-state index contributed by atoms with van der Waals surface area (Å²) in [4.78, 5) is 30.6. The number of hydrogen-bond acceptors (Lipinski definition) is 7. The Kier molecular flexibility index (Phi) is 6.97. The van der Waals surface area contributed by atoms with Gasteiger partial charge in [-0.3, -0.25) is 9.59 Å². The molecule has 3 aliphatic heterocycles. The van der Waals surface area contributed by atoms with Crippen LogP contribution in [-0.4, -0.2) is 70.8 Å². The smallest absolute Gasteiger partial charge is 0.274 e. The van der Waals surface area contributed by atoms with E-state index in [1.165, 1.54) is 0 Å². The molecule has 9 nitrogen and oxygen atoms in total. The number of ether oxygens (including phenoxy) is 3. The molecule has 2 amide bonds. The largest absolute Gasteiger partial charge is 0.493 e. The van der Waals surface area contributed by atoms with E-state index >= 15 is 0 Å². The minimum atomic E-state index is -0.114. The van der Waals surface area contributed by atoms with Gasteiger partial charge in [0, 0.05) is 54.7 Å². The number of benzene rings is 1. The molecule has 10 heteroatoms. The van der Waals surface area contributed by atoms with Crippen LogP contribution in [-0.2, 0) is 11.4 Å². The van der Waals surface area contributed by atoms with Crippen molar-refractivity contribution in [2.24, 2.45) is 5.92 Å². The average molecular weight is 551 g/mol. The first kappa shape index (κ1) is 25.7. The first-order valence-electron chi connectivity index (χ1n) is 13.7. The third-order valence-electron chi connectivity index (χ3n) is 7.72. The van der Waals surface area contributed by atoms with Gasteiger partial charge in [-0.25, -0.2) is 4.68 Å². The number of nitrogens with zero attached hydrogens (tertiary/aromatic N) is 4. The molecule has 2 aromatic heterocycles. The number of amides is 2. The van der Waals surface area contributed by atoms with Crippen molar-refractivity contribution >= 4 is 23.2 Å². The van der Waals surface area contributed by atoms with Crippen molar-refractivity contribution in [2.75, 3.05) is 33.3 Å². The van der Waals surface area contributed by atoms with Gasteiger partial charge in [-0.05, 0) is 57.0 Å². The van der Waals surface area contributed by atoms with Gasteiger partial charge in [0.25, 0.3) is 5.91 Å². The molecule has 0 aliphatic carbocycles. The second-order valence-corrected chi connectivity index (χ2v) is 11.4. The molecule has 0 spiro atoms.